The highest BCUT2D eigenvalue weighted by Gasteiger charge is 2.16. The number of rotatable bonds is 8. The van der Waals surface area contributed by atoms with Crippen molar-refractivity contribution >= 4 is 29.3 Å². The molecule has 158 valence electrons. The molecule has 1 amide bonds. The molecule has 0 atom stereocenters. The van der Waals surface area contributed by atoms with E-state index in [1.807, 2.05) is 54.6 Å². The number of hydrogen-bond donors (Lipinski definition) is 2. The van der Waals surface area contributed by atoms with E-state index in [1.165, 1.54) is 11.8 Å². The number of benzene rings is 2. The van der Waals surface area contributed by atoms with Crippen molar-refractivity contribution in [1.29, 1.82) is 0 Å². The first-order valence-corrected chi connectivity index (χ1v) is 10.9. The third kappa shape index (κ3) is 5.31. The van der Waals surface area contributed by atoms with Crippen LogP contribution in [-0.2, 0) is 11.3 Å². The molecule has 31 heavy (non-hydrogen) atoms. The Bertz CT molecular complexity index is 1140. The van der Waals surface area contributed by atoms with Crippen molar-refractivity contribution in [2.75, 3.05) is 12.9 Å². The van der Waals surface area contributed by atoms with Gasteiger partial charge in [-0.3, -0.25) is 4.79 Å². The molecule has 0 saturated heterocycles. The Morgan fingerprint density at radius 1 is 1.13 bits per heavy atom. The van der Waals surface area contributed by atoms with Crippen molar-refractivity contribution < 1.29 is 13.9 Å². The summed E-state index contributed by atoms with van der Waals surface area (Å²) in [7, 11) is 1.63. The van der Waals surface area contributed by atoms with Gasteiger partial charge in [0.25, 0.3) is 0 Å². The Morgan fingerprint density at radius 2 is 1.87 bits per heavy atom. The van der Waals surface area contributed by atoms with E-state index in [4.69, 9.17) is 25.7 Å². The van der Waals surface area contributed by atoms with Crippen LogP contribution in [0.2, 0.25) is 5.02 Å². The monoisotopic (exact) mass is 453 g/mol. The summed E-state index contributed by atoms with van der Waals surface area (Å²) in [5.74, 6) is 2.32. The van der Waals surface area contributed by atoms with Crippen LogP contribution < -0.4 is 10.1 Å². The Morgan fingerprint density at radius 3 is 2.55 bits per heavy atom. The first kappa shape index (κ1) is 21.1. The van der Waals surface area contributed by atoms with Gasteiger partial charge in [0.1, 0.15) is 22.4 Å². The number of carbonyl (C=O) groups is 1. The van der Waals surface area contributed by atoms with E-state index in [1.54, 1.807) is 19.4 Å². The summed E-state index contributed by atoms with van der Waals surface area (Å²) < 4.78 is 10.5. The molecule has 0 fully saturated rings. The van der Waals surface area contributed by atoms with Crippen LogP contribution >= 0.6 is 23.4 Å². The number of nitrogens with one attached hydrogen (secondary N) is 2. The number of ether oxygens (including phenoxy) is 1. The molecular formula is C23H20ClN3O3S. The number of nitrogens with zero attached hydrogens (tertiary/aromatic N) is 1. The number of aromatic nitrogens is 2. The van der Waals surface area contributed by atoms with E-state index >= 15 is 0 Å². The first-order chi connectivity index (χ1) is 15.1. The van der Waals surface area contributed by atoms with Crippen molar-refractivity contribution in [3.8, 4) is 28.4 Å². The predicted molar refractivity (Wildman–Crippen MR) is 122 cm³/mol. The molecule has 0 radical (unpaired) electrons. The third-order valence-corrected chi connectivity index (χ3v) is 5.77. The van der Waals surface area contributed by atoms with Crippen LogP contribution in [0.3, 0.4) is 0 Å². The molecule has 6 nitrogen and oxygen atoms in total. The lowest BCUT2D eigenvalue weighted by Crippen LogP contribution is -2.24. The SMILES string of the molecule is COc1ccc(-c2[nH]c(-c3ccc(Cl)cc3)nc2SCC(=O)NCc2ccco2)cc1. The zero-order valence-corrected chi connectivity index (χ0v) is 18.3. The molecule has 0 aliphatic carbocycles. The van der Waals surface area contributed by atoms with Crippen molar-refractivity contribution in [3.63, 3.8) is 0 Å². The van der Waals surface area contributed by atoms with E-state index in [0.717, 1.165) is 27.6 Å². The van der Waals surface area contributed by atoms with Crippen molar-refractivity contribution in [3.05, 3.63) is 77.7 Å². The topological polar surface area (TPSA) is 80.1 Å². The van der Waals surface area contributed by atoms with Gasteiger partial charge in [-0.25, -0.2) is 4.98 Å². The van der Waals surface area contributed by atoms with Gasteiger partial charge in [-0.2, -0.15) is 0 Å². The lowest BCUT2D eigenvalue weighted by molar-refractivity contribution is -0.118. The van der Waals surface area contributed by atoms with Crippen molar-refractivity contribution in [1.82, 2.24) is 15.3 Å². The molecule has 4 aromatic rings. The summed E-state index contributed by atoms with van der Waals surface area (Å²) in [6.07, 6.45) is 1.58. The zero-order valence-electron chi connectivity index (χ0n) is 16.7. The number of imidazole rings is 1. The van der Waals surface area contributed by atoms with Crippen molar-refractivity contribution in [2.45, 2.75) is 11.6 Å². The number of H-pyrrole nitrogens is 1. The van der Waals surface area contributed by atoms with Gasteiger partial charge in [-0.05, 0) is 60.7 Å². The summed E-state index contributed by atoms with van der Waals surface area (Å²) in [6, 6.07) is 18.8. The van der Waals surface area contributed by atoms with E-state index in [-0.39, 0.29) is 11.7 Å². The molecule has 0 saturated carbocycles. The maximum absolute atomic E-state index is 12.3. The molecule has 4 rings (SSSR count). The first-order valence-electron chi connectivity index (χ1n) is 9.54. The second kappa shape index (κ2) is 9.76. The largest absolute Gasteiger partial charge is 0.497 e. The number of aromatic amines is 1. The van der Waals surface area contributed by atoms with E-state index < -0.39 is 0 Å². The third-order valence-electron chi connectivity index (χ3n) is 4.55. The Balaban J connectivity index is 1.54. The van der Waals surface area contributed by atoms with Gasteiger partial charge < -0.3 is 19.5 Å². The van der Waals surface area contributed by atoms with Crippen molar-refractivity contribution in [2.24, 2.45) is 0 Å². The van der Waals surface area contributed by atoms with E-state index in [0.29, 0.717) is 23.2 Å². The number of carbonyl (C=O) groups excluding carboxylic acids is 1. The number of furan rings is 1. The average Bonchev–Trinajstić information content (AvgIpc) is 3.47. The maximum Gasteiger partial charge on any atom is 0.230 e. The van der Waals surface area contributed by atoms with Gasteiger partial charge in [0, 0.05) is 16.1 Å². The van der Waals surface area contributed by atoms with Gasteiger partial charge in [0.05, 0.1) is 31.4 Å². The minimum Gasteiger partial charge on any atom is -0.497 e. The molecule has 2 aromatic carbocycles. The Hall–Kier alpha value is -3.16. The van der Waals surface area contributed by atoms with Crippen LogP contribution in [0.25, 0.3) is 22.6 Å². The Kier molecular flexibility index (Phi) is 6.64. The highest BCUT2D eigenvalue weighted by atomic mass is 35.5. The second-order valence-electron chi connectivity index (χ2n) is 6.65. The number of halogens is 1. The molecule has 2 aromatic heterocycles. The quantitative estimate of drug-likeness (QED) is 0.349. The van der Waals surface area contributed by atoms with E-state index in [2.05, 4.69) is 10.3 Å². The number of methoxy groups -OCH3 is 1. The van der Waals surface area contributed by atoms with Crippen LogP contribution in [0.1, 0.15) is 5.76 Å². The summed E-state index contributed by atoms with van der Waals surface area (Å²) in [4.78, 5) is 20.4. The number of amides is 1. The maximum atomic E-state index is 12.3. The fourth-order valence-corrected chi connectivity index (χ4v) is 3.91. The minimum atomic E-state index is -0.0990. The molecule has 0 unspecified atom stereocenters. The van der Waals surface area contributed by atoms with Gasteiger partial charge >= 0.3 is 0 Å². The highest BCUT2D eigenvalue weighted by molar-refractivity contribution is 8.00. The van der Waals surface area contributed by atoms with Gasteiger partial charge in [-0.15, -0.1) is 0 Å². The summed E-state index contributed by atoms with van der Waals surface area (Å²) in [5, 5.41) is 4.25. The predicted octanol–water partition coefficient (Wildman–Crippen LogP) is 5.41. The second-order valence-corrected chi connectivity index (χ2v) is 8.05. The summed E-state index contributed by atoms with van der Waals surface area (Å²) in [6.45, 7) is 0.355. The lowest BCUT2D eigenvalue weighted by Gasteiger charge is -2.05. The molecule has 0 spiro atoms. The van der Waals surface area contributed by atoms with Gasteiger partial charge in [0.2, 0.25) is 5.91 Å². The molecule has 0 aliphatic rings. The smallest absolute Gasteiger partial charge is 0.230 e. The highest BCUT2D eigenvalue weighted by Crippen LogP contribution is 2.33. The molecule has 2 heterocycles. The van der Waals surface area contributed by atoms with Crippen LogP contribution in [-0.4, -0.2) is 28.7 Å². The van der Waals surface area contributed by atoms with Crippen LogP contribution in [0, 0.1) is 0 Å². The molecule has 0 bridgehead atoms. The van der Waals surface area contributed by atoms with Gasteiger partial charge in [0.15, 0.2) is 0 Å². The zero-order chi connectivity index (χ0) is 21.6. The number of hydrogen-bond acceptors (Lipinski definition) is 5. The molecule has 0 aliphatic heterocycles. The summed E-state index contributed by atoms with van der Waals surface area (Å²) in [5.41, 5.74) is 2.71. The Labute approximate surface area is 189 Å². The average molecular weight is 454 g/mol. The summed E-state index contributed by atoms with van der Waals surface area (Å²) >= 11 is 7.39. The lowest BCUT2D eigenvalue weighted by atomic mass is 10.1. The van der Waals surface area contributed by atoms with Gasteiger partial charge in [-0.1, -0.05) is 23.4 Å². The number of thioether (sulfide) groups is 1. The van der Waals surface area contributed by atoms with Crippen LogP contribution in [0.4, 0.5) is 0 Å². The standard InChI is InChI=1S/C23H20ClN3O3S/c1-29-18-10-6-15(7-11-18)21-23(27-22(26-21)16-4-8-17(24)9-5-16)31-14-20(28)25-13-19-3-2-12-30-19/h2-12H,13-14H2,1H3,(H,25,28)(H,26,27). The van der Waals surface area contributed by atoms with E-state index in [9.17, 15) is 4.79 Å². The fraction of sp³-hybridized carbons (Fsp3) is 0.130. The van der Waals surface area contributed by atoms with Crippen LogP contribution in [0.5, 0.6) is 5.75 Å². The molecular weight excluding hydrogens is 434 g/mol. The molecule has 8 heteroatoms. The minimum absolute atomic E-state index is 0.0990. The molecule has 2 N–H and O–H groups in total. The van der Waals surface area contributed by atoms with Crippen LogP contribution in [0.15, 0.2) is 76.4 Å². The normalized spacial score (nSPS) is 10.8. The fourth-order valence-electron chi connectivity index (χ4n) is 2.94.